The SMILES string of the molecule is Cc1ccc(-n2c(SCC(=O)NC3CCCC3)nc3sc4c(c3c2=O)CCC4)cc1. The second-order valence-corrected chi connectivity index (χ2v) is 10.3. The molecule has 0 radical (unpaired) electrons. The summed E-state index contributed by atoms with van der Waals surface area (Å²) >= 11 is 3.00. The van der Waals surface area contributed by atoms with Crippen LogP contribution < -0.4 is 10.9 Å². The first-order valence-electron chi connectivity index (χ1n) is 10.7. The van der Waals surface area contributed by atoms with Crippen molar-refractivity contribution in [2.24, 2.45) is 0 Å². The van der Waals surface area contributed by atoms with Crippen LogP contribution in [-0.4, -0.2) is 27.3 Å². The average molecular weight is 440 g/mol. The molecule has 3 aromatic rings. The highest BCUT2D eigenvalue weighted by Gasteiger charge is 2.24. The Hall–Kier alpha value is -2.12. The summed E-state index contributed by atoms with van der Waals surface area (Å²) in [6.45, 7) is 2.03. The lowest BCUT2D eigenvalue weighted by Crippen LogP contribution is -2.34. The van der Waals surface area contributed by atoms with Gasteiger partial charge in [-0.2, -0.15) is 0 Å². The van der Waals surface area contributed by atoms with Gasteiger partial charge < -0.3 is 5.32 Å². The summed E-state index contributed by atoms with van der Waals surface area (Å²) in [5.74, 6) is 0.288. The van der Waals surface area contributed by atoms with Crippen LogP contribution in [0.2, 0.25) is 0 Å². The van der Waals surface area contributed by atoms with Crippen molar-refractivity contribution in [1.29, 1.82) is 0 Å². The molecule has 0 aliphatic heterocycles. The zero-order valence-electron chi connectivity index (χ0n) is 17.1. The zero-order valence-corrected chi connectivity index (χ0v) is 18.7. The van der Waals surface area contributed by atoms with Crippen LogP contribution >= 0.6 is 23.1 Å². The first kappa shape index (κ1) is 19.8. The fraction of sp³-hybridized carbons (Fsp3) is 0.435. The van der Waals surface area contributed by atoms with Crippen LogP contribution in [0.15, 0.2) is 34.2 Å². The van der Waals surface area contributed by atoms with Gasteiger partial charge in [-0.3, -0.25) is 14.2 Å². The Bertz CT molecular complexity index is 1160. The third-order valence-electron chi connectivity index (χ3n) is 6.05. The van der Waals surface area contributed by atoms with E-state index < -0.39 is 0 Å². The molecule has 2 aromatic heterocycles. The fourth-order valence-corrected chi connectivity index (χ4v) is 6.64. The van der Waals surface area contributed by atoms with E-state index in [0.717, 1.165) is 53.6 Å². The number of fused-ring (bicyclic) bond motifs is 3. The molecular weight excluding hydrogens is 414 g/mol. The summed E-state index contributed by atoms with van der Waals surface area (Å²) in [6.07, 6.45) is 7.60. The minimum atomic E-state index is -0.0121. The number of aryl methyl sites for hydroxylation is 3. The summed E-state index contributed by atoms with van der Waals surface area (Å²) < 4.78 is 1.70. The Kier molecular flexibility index (Phi) is 5.41. The number of amides is 1. The van der Waals surface area contributed by atoms with Crippen LogP contribution in [0.5, 0.6) is 0 Å². The van der Waals surface area contributed by atoms with Crippen LogP contribution in [0.1, 0.15) is 48.1 Å². The van der Waals surface area contributed by atoms with Gasteiger partial charge in [0.05, 0.1) is 16.8 Å². The highest BCUT2D eigenvalue weighted by Crippen LogP contribution is 2.36. The fourth-order valence-electron chi connectivity index (χ4n) is 4.51. The summed E-state index contributed by atoms with van der Waals surface area (Å²) in [5.41, 5.74) is 3.12. The van der Waals surface area contributed by atoms with Crippen molar-refractivity contribution in [3.63, 3.8) is 0 Å². The molecule has 5 rings (SSSR count). The maximum atomic E-state index is 13.6. The molecule has 0 bridgehead atoms. The van der Waals surface area contributed by atoms with Crippen LogP contribution in [0.3, 0.4) is 0 Å². The number of aromatic nitrogens is 2. The van der Waals surface area contributed by atoms with Crippen LogP contribution in [-0.2, 0) is 17.6 Å². The van der Waals surface area contributed by atoms with Gasteiger partial charge in [0.15, 0.2) is 5.16 Å². The molecule has 0 saturated heterocycles. The number of rotatable bonds is 5. The molecule has 1 N–H and O–H groups in total. The minimum absolute atomic E-state index is 0.0121. The van der Waals surface area contributed by atoms with E-state index in [1.807, 2.05) is 31.2 Å². The smallest absolute Gasteiger partial charge is 0.267 e. The number of hydrogen-bond donors (Lipinski definition) is 1. The van der Waals surface area contributed by atoms with Gasteiger partial charge in [-0.25, -0.2) is 4.98 Å². The van der Waals surface area contributed by atoms with Gasteiger partial charge >= 0.3 is 0 Å². The van der Waals surface area contributed by atoms with Crippen LogP contribution in [0.4, 0.5) is 0 Å². The predicted molar refractivity (Wildman–Crippen MR) is 123 cm³/mol. The number of hydrogen-bond acceptors (Lipinski definition) is 5. The third-order valence-corrected chi connectivity index (χ3v) is 8.18. The lowest BCUT2D eigenvalue weighted by molar-refractivity contribution is -0.119. The van der Waals surface area contributed by atoms with Crippen molar-refractivity contribution in [2.45, 2.75) is 63.1 Å². The van der Waals surface area contributed by atoms with Crippen LogP contribution in [0.25, 0.3) is 15.9 Å². The molecule has 1 saturated carbocycles. The summed E-state index contributed by atoms with van der Waals surface area (Å²) in [4.78, 5) is 33.1. The molecule has 0 spiro atoms. The molecule has 0 atom stereocenters. The topological polar surface area (TPSA) is 64.0 Å². The second-order valence-electron chi connectivity index (χ2n) is 8.25. The Labute approximate surface area is 183 Å². The number of carbonyl (C=O) groups excluding carboxylic acids is 1. The number of nitrogens with zero attached hydrogens (tertiary/aromatic N) is 2. The summed E-state index contributed by atoms with van der Waals surface area (Å²) in [5, 5.41) is 4.49. The van der Waals surface area contributed by atoms with Crippen molar-refractivity contribution in [1.82, 2.24) is 14.9 Å². The molecule has 0 unspecified atom stereocenters. The Morgan fingerprint density at radius 1 is 1.20 bits per heavy atom. The lowest BCUT2D eigenvalue weighted by Gasteiger charge is -2.14. The van der Waals surface area contributed by atoms with Gasteiger partial charge in [0, 0.05) is 10.9 Å². The highest BCUT2D eigenvalue weighted by atomic mass is 32.2. The van der Waals surface area contributed by atoms with Crippen molar-refractivity contribution < 1.29 is 4.79 Å². The maximum Gasteiger partial charge on any atom is 0.267 e. The summed E-state index contributed by atoms with van der Waals surface area (Å²) in [7, 11) is 0. The van der Waals surface area contributed by atoms with Crippen molar-refractivity contribution >= 4 is 39.2 Å². The van der Waals surface area contributed by atoms with Gasteiger partial charge in [0.1, 0.15) is 4.83 Å². The normalized spacial score (nSPS) is 16.3. The van der Waals surface area contributed by atoms with E-state index in [2.05, 4.69) is 5.32 Å². The highest BCUT2D eigenvalue weighted by molar-refractivity contribution is 7.99. The molecule has 1 aromatic carbocycles. The van der Waals surface area contributed by atoms with E-state index in [1.54, 1.807) is 15.9 Å². The molecule has 1 fully saturated rings. The van der Waals surface area contributed by atoms with E-state index in [-0.39, 0.29) is 17.2 Å². The number of thiophene rings is 1. The Balaban J connectivity index is 1.52. The molecule has 1 amide bonds. The molecular formula is C23H25N3O2S2. The summed E-state index contributed by atoms with van der Waals surface area (Å²) in [6, 6.07) is 8.23. The van der Waals surface area contributed by atoms with Gasteiger partial charge in [-0.15, -0.1) is 11.3 Å². The first-order chi connectivity index (χ1) is 14.6. The quantitative estimate of drug-likeness (QED) is 0.473. The molecule has 7 heteroatoms. The third kappa shape index (κ3) is 3.69. The van der Waals surface area contributed by atoms with Gasteiger partial charge in [-0.05, 0) is 56.7 Å². The van der Waals surface area contributed by atoms with Crippen LogP contribution in [0, 0.1) is 6.92 Å². The largest absolute Gasteiger partial charge is 0.353 e. The van der Waals surface area contributed by atoms with Gasteiger partial charge in [-0.1, -0.05) is 42.3 Å². The Morgan fingerprint density at radius 2 is 1.97 bits per heavy atom. The van der Waals surface area contributed by atoms with E-state index in [0.29, 0.717) is 11.2 Å². The zero-order chi connectivity index (χ0) is 20.7. The van der Waals surface area contributed by atoms with E-state index in [4.69, 9.17) is 4.98 Å². The molecule has 2 heterocycles. The molecule has 30 heavy (non-hydrogen) atoms. The maximum absolute atomic E-state index is 13.6. The first-order valence-corrected chi connectivity index (χ1v) is 12.5. The van der Waals surface area contributed by atoms with Gasteiger partial charge in [0.25, 0.3) is 5.56 Å². The molecule has 2 aliphatic rings. The molecule has 156 valence electrons. The van der Waals surface area contributed by atoms with Crippen molar-refractivity contribution in [3.8, 4) is 5.69 Å². The number of nitrogens with one attached hydrogen (secondary N) is 1. The monoisotopic (exact) mass is 439 g/mol. The van der Waals surface area contributed by atoms with Gasteiger partial charge in [0.2, 0.25) is 5.91 Å². The van der Waals surface area contributed by atoms with E-state index >= 15 is 0 Å². The molecule has 2 aliphatic carbocycles. The number of thioether (sulfide) groups is 1. The lowest BCUT2D eigenvalue weighted by atomic mass is 10.2. The van der Waals surface area contributed by atoms with Crippen molar-refractivity contribution in [3.05, 3.63) is 50.6 Å². The number of carbonyl (C=O) groups is 1. The molecule has 5 nitrogen and oxygen atoms in total. The average Bonchev–Trinajstić information content (AvgIpc) is 3.45. The van der Waals surface area contributed by atoms with Crippen molar-refractivity contribution in [2.75, 3.05) is 5.75 Å². The predicted octanol–water partition coefficient (Wildman–Crippen LogP) is 4.40. The Morgan fingerprint density at radius 3 is 2.73 bits per heavy atom. The van der Waals surface area contributed by atoms with E-state index in [1.165, 1.54) is 35.0 Å². The van der Waals surface area contributed by atoms with E-state index in [9.17, 15) is 9.59 Å². The standard InChI is InChI=1S/C23H25N3O2S2/c1-14-9-11-16(12-10-14)26-22(28)20-17-7-4-8-18(17)30-21(20)25-23(26)29-13-19(27)24-15-5-2-3-6-15/h9-12,15H,2-8,13H2,1H3,(H,24,27). The minimum Gasteiger partial charge on any atom is -0.353 e. The number of benzene rings is 1. The second kappa shape index (κ2) is 8.19.